The van der Waals surface area contributed by atoms with Gasteiger partial charge in [0.15, 0.2) is 0 Å². The molecule has 2 nitrogen and oxygen atoms in total. The minimum Gasteiger partial charge on any atom is -0.493 e. The maximum atomic E-state index is 10.5. The minimum atomic E-state index is 0.573. The molecule has 0 saturated heterocycles. The highest BCUT2D eigenvalue weighted by atomic mass is 16.5. The number of ether oxygens (including phenoxy) is 1. The van der Waals surface area contributed by atoms with Crippen LogP contribution in [0.1, 0.15) is 36.8 Å². The highest BCUT2D eigenvalue weighted by Gasteiger charge is 2.18. The van der Waals surface area contributed by atoms with Crippen LogP contribution in [0.5, 0.6) is 5.75 Å². The largest absolute Gasteiger partial charge is 0.493 e. The lowest BCUT2D eigenvalue weighted by Gasteiger charge is -2.25. The van der Waals surface area contributed by atoms with E-state index in [1.165, 1.54) is 24.8 Å². The van der Waals surface area contributed by atoms with Crippen molar-refractivity contribution in [3.05, 3.63) is 29.3 Å². The molecule has 1 aliphatic rings. The second-order valence-electron chi connectivity index (χ2n) is 4.92. The average molecular weight is 232 g/mol. The third kappa shape index (κ3) is 3.32. The fourth-order valence-electron chi connectivity index (χ4n) is 2.13. The Morgan fingerprint density at radius 1 is 1.41 bits per heavy atom. The number of carbonyl (C=O) groups is 1. The van der Waals surface area contributed by atoms with Crippen molar-refractivity contribution in [2.45, 2.75) is 39.0 Å². The number of rotatable bonds is 6. The highest BCUT2D eigenvalue weighted by Crippen LogP contribution is 2.28. The van der Waals surface area contributed by atoms with E-state index < -0.39 is 0 Å². The van der Waals surface area contributed by atoms with Crippen molar-refractivity contribution in [2.75, 3.05) is 6.61 Å². The van der Waals surface area contributed by atoms with E-state index in [0.717, 1.165) is 36.5 Å². The Morgan fingerprint density at radius 3 is 2.88 bits per heavy atom. The summed E-state index contributed by atoms with van der Waals surface area (Å²) in [7, 11) is 0. The summed E-state index contributed by atoms with van der Waals surface area (Å²) in [5, 5.41) is 0. The van der Waals surface area contributed by atoms with Gasteiger partial charge in [0, 0.05) is 6.42 Å². The van der Waals surface area contributed by atoms with Crippen LogP contribution in [0.4, 0.5) is 0 Å². The van der Waals surface area contributed by atoms with Gasteiger partial charge in [-0.3, -0.25) is 0 Å². The van der Waals surface area contributed by atoms with E-state index >= 15 is 0 Å². The van der Waals surface area contributed by atoms with Crippen molar-refractivity contribution in [1.82, 2.24) is 0 Å². The van der Waals surface area contributed by atoms with Crippen LogP contribution >= 0.6 is 0 Å². The molecule has 92 valence electrons. The van der Waals surface area contributed by atoms with Crippen LogP contribution < -0.4 is 4.74 Å². The fourth-order valence-corrected chi connectivity index (χ4v) is 2.13. The molecule has 0 bridgehead atoms. The smallest absolute Gasteiger partial charge is 0.122 e. The molecule has 0 radical (unpaired) electrons. The number of benzene rings is 1. The summed E-state index contributed by atoms with van der Waals surface area (Å²) in [6, 6.07) is 6.23. The van der Waals surface area contributed by atoms with Gasteiger partial charge in [0.05, 0.1) is 6.61 Å². The van der Waals surface area contributed by atoms with Crippen LogP contribution in [0.3, 0.4) is 0 Å². The van der Waals surface area contributed by atoms with Gasteiger partial charge < -0.3 is 9.53 Å². The normalized spacial score (nSPS) is 15.4. The van der Waals surface area contributed by atoms with E-state index in [4.69, 9.17) is 4.74 Å². The van der Waals surface area contributed by atoms with Crippen molar-refractivity contribution < 1.29 is 9.53 Å². The van der Waals surface area contributed by atoms with Gasteiger partial charge in [-0.2, -0.15) is 0 Å². The van der Waals surface area contributed by atoms with Crippen molar-refractivity contribution in [2.24, 2.45) is 5.92 Å². The molecule has 0 N–H and O–H groups in total. The first kappa shape index (κ1) is 12.2. The van der Waals surface area contributed by atoms with Crippen molar-refractivity contribution in [1.29, 1.82) is 0 Å². The van der Waals surface area contributed by atoms with Crippen LogP contribution in [0.25, 0.3) is 0 Å². The van der Waals surface area contributed by atoms with Crippen LogP contribution in [-0.2, 0) is 11.2 Å². The fraction of sp³-hybridized carbons (Fsp3) is 0.533. The van der Waals surface area contributed by atoms with E-state index in [2.05, 4.69) is 19.1 Å². The van der Waals surface area contributed by atoms with Gasteiger partial charge in [-0.1, -0.05) is 24.1 Å². The number of aldehydes is 1. The monoisotopic (exact) mass is 232 g/mol. The Morgan fingerprint density at radius 2 is 2.24 bits per heavy atom. The highest BCUT2D eigenvalue weighted by molar-refractivity contribution is 5.51. The summed E-state index contributed by atoms with van der Waals surface area (Å²) in [6.07, 6.45) is 6.28. The first-order valence-electron chi connectivity index (χ1n) is 6.45. The second kappa shape index (κ2) is 5.85. The number of hydrogen-bond acceptors (Lipinski definition) is 2. The van der Waals surface area contributed by atoms with E-state index in [0.29, 0.717) is 6.42 Å². The van der Waals surface area contributed by atoms with E-state index in [-0.39, 0.29) is 0 Å². The number of carbonyl (C=O) groups excluding carboxylic acids is 1. The Hall–Kier alpha value is -1.31. The molecule has 1 aromatic carbocycles. The third-order valence-corrected chi connectivity index (χ3v) is 3.45. The summed E-state index contributed by atoms with van der Waals surface area (Å²) >= 11 is 0. The molecule has 17 heavy (non-hydrogen) atoms. The van der Waals surface area contributed by atoms with Gasteiger partial charge in [0.1, 0.15) is 12.0 Å². The number of aryl methyl sites for hydroxylation is 2. The predicted molar refractivity (Wildman–Crippen MR) is 68.4 cm³/mol. The van der Waals surface area contributed by atoms with E-state index in [1.807, 2.05) is 6.07 Å². The summed E-state index contributed by atoms with van der Waals surface area (Å²) in [4.78, 5) is 10.5. The van der Waals surface area contributed by atoms with E-state index in [9.17, 15) is 4.79 Å². The lowest BCUT2D eigenvalue weighted by atomic mass is 9.86. The quantitative estimate of drug-likeness (QED) is 0.703. The average Bonchev–Trinajstić information content (AvgIpc) is 2.26. The maximum Gasteiger partial charge on any atom is 0.122 e. The Bertz CT molecular complexity index is 381. The van der Waals surface area contributed by atoms with Gasteiger partial charge in [-0.25, -0.2) is 0 Å². The van der Waals surface area contributed by atoms with Crippen LogP contribution in [-0.4, -0.2) is 12.9 Å². The SMILES string of the molecule is Cc1ccc(OCC2CCC2)c(CCC=O)c1. The lowest BCUT2D eigenvalue weighted by Crippen LogP contribution is -2.19. The molecule has 1 aliphatic carbocycles. The maximum absolute atomic E-state index is 10.5. The van der Waals surface area contributed by atoms with Gasteiger partial charge in [0.25, 0.3) is 0 Å². The van der Waals surface area contributed by atoms with Crippen LogP contribution in [0.2, 0.25) is 0 Å². The van der Waals surface area contributed by atoms with Crippen molar-refractivity contribution in [3.63, 3.8) is 0 Å². The number of hydrogen-bond donors (Lipinski definition) is 0. The summed E-state index contributed by atoms with van der Waals surface area (Å²) in [5.41, 5.74) is 2.39. The minimum absolute atomic E-state index is 0.573. The predicted octanol–water partition coefficient (Wildman–Crippen LogP) is 3.31. The summed E-state index contributed by atoms with van der Waals surface area (Å²) < 4.78 is 5.88. The Kier molecular flexibility index (Phi) is 4.18. The zero-order valence-electron chi connectivity index (χ0n) is 10.4. The van der Waals surface area contributed by atoms with E-state index in [1.54, 1.807) is 0 Å². The first-order chi connectivity index (χ1) is 8.29. The topological polar surface area (TPSA) is 26.3 Å². The summed E-state index contributed by atoms with van der Waals surface area (Å²) in [5.74, 6) is 1.71. The zero-order chi connectivity index (χ0) is 12.1. The van der Waals surface area contributed by atoms with Gasteiger partial charge >= 0.3 is 0 Å². The molecule has 0 aliphatic heterocycles. The lowest BCUT2D eigenvalue weighted by molar-refractivity contribution is -0.107. The van der Waals surface area contributed by atoms with Crippen molar-refractivity contribution >= 4 is 6.29 Å². The van der Waals surface area contributed by atoms with Gasteiger partial charge in [-0.15, -0.1) is 0 Å². The molecule has 0 spiro atoms. The molecule has 0 unspecified atom stereocenters. The Labute approximate surface area is 103 Å². The molecule has 2 heteroatoms. The molecule has 0 atom stereocenters. The molecular weight excluding hydrogens is 212 g/mol. The van der Waals surface area contributed by atoms with Gasteiger partial charge in [0.2, 0.25) is 0 Å². The Balaban J connectivity index is 1.99. The molecule has 0 amide bonds. The van der Waals surface area contributed by atoms with Crippen LogP contribution in [0, 0.1) is 12.8 Å². The third-order valence-electron chi connectivity index (χ3n) is 3.45. The second-order valence-corrected chi connectivity index (χ2v) is 4.92. The summed E-state index contributed by atoms with van der Waals surface area (Å²) in [6.45, 7) is 2.90. The molecule has 1 aromatic rings. The zero-order valence-corrected chi connectivity index (χ0v) is 10.4. The molecule has 1 saturated carbocycles. The van der Waals surface area contributed by atoms with Gasteiger partial charge in [-0.05, 0) is 43.7 Å². The van der Waals surface area contributed by atoms with Crippen LogP contribution in [0.15, 0.2) is 18.2 Å². The standard InChI is InChI=1S/C15H20O2/c1-12-7-8-15(14(10-12)6-3-9-16)17-11-13-4-2-5-13/h7-10,13H,2-6,11H2,1H3. The molecule has 2 rings (SSSR count). The molecule has 0 aromatic heterocycles. The molecule has 0 heterocycles. The van der Waals surface area contributed by atoms with Crippen molar-refractivity contribution in [3.8, 4) is 5.75 Å². The molecule has 1 fully saturated rings. The first-order valence-corrected chi connectivity index (χ1v) is 6.45. The molecular formula is C15H20O2.